The van der Waals surface area contributed by atoms with Crippen LogP contribution in [0.4, 0.5) is 18.9 Å². The number of carbonyl (C=O) groups is 2. The van der Waals surface area contributed by atoms with Crippen LogP contribution < -0.4 is 9.62 Å². The van der Waals surface area contributed by atoms with Crippen molar-refractivity contribution in [2.24, 2.45) is 0 Å². The summed E-state index contributed by atoms with van der Waals surface area (Å²) in [7, 11) is -4.26. The summed E-state index contributed by atoms with van der Waals surface area (Å²) in [6.45, 7) is 2.79. The third-order valence-electron chi connectivity index (χ3n) is 6.74. The molecule has 232 valence electrons. The minimum atomic E-state index is -4.86. The first-order chi connectivity index (χ1) is 20.1. The van der Waals surface area contributed by atoms with Crippen molar-refractivity contribution in [3.8, 4) is 0 Å². The molecule has 13 heteroatoms. The highest BCUT2D eigenvalue weighted by Gasteiger charge is 2.36. The first-order valence-corrected chi connectivity index (χ1v) is 16.3. The lowest BCUT2D eigenvalue weighted by Crippen LogP contribution is -2.54. The van der Waals surface area contributed by atoms with Crippen molar-refractivity contribution >= 4 is 55.1 Å². The molecule has 0 saturated carbocycles. The van der Waals surface area contributed by atoms with Crippen LogP contribution in [-0.2, 0) is 38.8 Å². The number of anilines is 1. The third kappa shape index (κ3) is 9.70. The molecule has 0 fully saturated rings. The number of benzene rings is 3. The van der Waals surface area contributed by atoms with Crippen LogP contribution in [0.2, 0.25) is 5.02 Å². The molecule has 0 saturated heterocycles. The Morgan fingerprint density at radius 1 is 1.00 bits per heavy atom. The molecule has 0 aliphatic carbocycles. The van der Waals surface area contributed by atoms with E-state index in [0.717, 1.165) is 28.4 Å². The zero-order valence-corrected chi connectivity index (χ0v) is 26.9. The van der Waals surface area contributed by atoms with Gasteiger partial charge in [-0.25, -0.2) is 8.42 Å². The Kier molecular flexibility index (Phi) is 11.7. The lowest BCUT2D eigenvalue weighted by Gasteiger charge is -2.34. The Morgan fingerprint density at radius 2 is 1.65 bits per heavy atom. The van der Waals surface area contributed by atoms with Crippen molar-refractivity contribution in [2.75, 3.05) is 17.1 Å². The number of hydrogen-bond donors (Lipinski definition) is 1. The summed E-state index contributed by atoms with van der Waals surface area (Å²) in [4.78, 5) is 29.0. The Labute approximate surface area is 263 Å². The maximum atomic E-state index is 14.1. The van der Waals surface area contributed by atoms with Crippen LogP contribution in [-0.4, -0.2) is 50.0 Å². The molecule has 3 aromatic rings. The largest absolute Gasteiger partial charge is 0.417 e. The van der Waals surface area contributed by atoms with Gasteiger partial charge in [-0.05, 0) is 54.8 Å². The second-order valence-electron chi connectivity index (χ2n) is 10.1. The smallest absolute Gasteiger partial charge is 0.352 e. The number of sulfonamides is 1. The maximum Gasteiger partial charge on any atom is 0.417 e. The molecule has 3 aromatic carbocycles. The molecular weight excluding hydrogens is 671 g/mol. The summed E-state index contributed by atoms with van der Waals surface area (Å²) < 4.78 is 67.9. The Balaban J connectivity index is 2.11. The van der Waals surface area contributed by atoms with Gasteiger partial charge in [-0.2, -0.15) is 13.2 Å². The Bertz CT molecular complexity index is 1540. The fourth-order valence-corrected chi connectivity index (χ4v) is 5.84. The van der Waals surface area contributed by atoms with Gasteiger partial charge in [-0.1, -0.05) is 76.9 Å². The average molecular weight is 703 g/mol. The van der Waals surface area contributed by atoms with E-state index in [4.69, 9.17) is 11.6 Å². The summed E-state index contributed by atoms with van der Waals surface area (Å²) in [5.41, 5.74) is -0.229. The molecule has 0 aromatic heterocycles. The predicted octanol–water partition coefficient (Wildman–Crippen LogP) is 6.44. The minimum Gasteiger partial charge on any atom is -0.352 e. The molecule has 2 amide bonds. The second-order valence-corrected chi connectivity index (χ2v) is 13.3. The summed E-state index contributed by atoms with van der Waals surface area (Å²) in [6, 6.07) is 17.4. The number of nitrogens with zero attached hydrogens (tertiary/aromatic N) is 2. The van der Waals surface area contributed by atoms with E-state index < -0.39 is 56.9 Å². The fourth-order valence-electron chi connectivity index (χ4n) is 4.33. The quantitative estimate of drug-likeness (QED) is 0.236. The highest BCUT2D eigenvalue weighted by atomic mass is 79.9. The van der Waals surface area contributed by atoms with Gasteiger partial charge in [0.25, 0.3) is 0 Å². The maximum absolute atomic E-state index is 14.1. The number of amides is 2. The van der Waals surface area contributed by atoms with E-state index >= 15 is 0 Å². The van der Waals surface area contributed by atoms with Gasteiger partial charge in [0.1, 0.15) is 12.6 Å². The molecule has 0 radical (unpaired) electrons. The van der Waals surface area contributed by atoms with Gasteiger partial charge in [0.2, 0.25) is 21.8 Å². The van der Waals surface area contributed by atoms with Crippen molar-refractivity contribution < 1.29 is 31.2 Å². The summed E-state index contributed by atoms with van der Waals surface area (Å²) in [5, 5.41) is 2.30. The number of nitrogens with one attached hydrogen (secondary N) is 1. The normalized spacial score (nSPS) is 13.2. The van der Waals surface area contributed by atoms with Gasteiger partial charge in [0, 0.05) is 23.5 Å². The van der Waals surface area contributed by atoms with Crippen molar-refractivity contribution in [1.82, 2.24) is 10.2 Å². The molecule has 3 rings (SSSR count). The molecule has 7 nitrogen and oxygen atoms in total. The highest BCUT2D eigenvalue weighted by Crippen LogP contribution is 2.37. The Morgan fingerprint density at radius 3 is 2.23 bits per heavy atom. The summed E-state index contributed by atoms with van der Waals surface area (Å²) in [5.74, 6) is -1.23. The van der Waals surface area contributed by atoms with Crippen LogP contribution in [0.5, 0.6) is 0 Å². The monoisotopic (exact) mass is 701 g/mol. The number of hydrogen-bond acceptors (Lipinski definition) is 4. The van der Waals surface area contributed by atoms with Gasteiger partial charge in [0.15, 0.2) is 0 Å². The van der Waals surface area contributed by atoms with Gasteiger partial charge in [-0.3, -0.25) is 13.9 Å². The first kappa shape index (κ1) is 34.4. The molecule has 0 unspecified atom stereocenters. The average Bonchev–Trinajstić information content (AvgIpc) is 2.93. The molecule has 0 spiro atoms. The topological polar surface area (TPSA) is 86.8 Å². The number of halogens is 5. The van der Waals surface area contributed by atoms with Crippen molar-refractivity contribution in [2.45, 2.75) is 51.5 Å². The van der Waals surface area contributed by atoms with Crippen LogP contribution in [0.3, 0.4) is 0 Å². The van der Waals surface area contributed by atoms with E-state index in [-0.39, 0.29) is 19.0 Å². The number of carbonyl (C=O) groups excluding carboxylic acids is 2. The molecule has 0 heterocycles. The lowest BCUT2D eigenvalue weighted by atomic mass is 10.0. The second kappa shape index (κ2) is 14.6. The molecule has 0 bridgehead atoms. The van der Waals surface area contributed by atoms with E-state index in [2.05, 4.69) is 21.2 Å². The first-order valence-electron chi connectivity index (χ1n) is 13.3. The standard InChI is InChI=1S/C30H32BrClF3N3O4S/c1-4-20(2)36-29(40)27(16-21-9-6-5-7-10-21)37(18-22-11-8-12-23(31)15-22)28(39)19-38(43(3,41)42)24-13-14-26(32)25(17-24)30(33,34)35/h5-15,17,20,27H,4,16,18-19H2,1-3H3,(H,36,40)/t20-,27+/m0/s1. The van der Waals surface area contributed by atoms with Crippen LogP contribution in [0.1, 0.15) is 37.0 Å². The van der Waals surface area contributed by atoms with Crippen molar-refractivity contribution in [1.29, 1.82) is 0 Å². The molecule has 0 aliphatic heterocycles. The van der Waals surface area contributed by atoms with E-state index in [1.807, 2.05) is 19.9 Å². The van der Waals surface area contributed by atoms with Gasteiger partial charge in [0.05, 0.1) is 22.5 Å². The van der Waals surface area contributed by atoms with Gasteiger partial charge < -0.3 is 10.2 Å². The van der Waals surface area contributed by atoms with Crippen molar-refractivity contribution in [3.05, 3.63) is 99.0 Å². The van der Waals surface area contributed by atoms with E-state index in [9.17, 15) is 31.2 Å². The third-order valence-corrected chi connectivity index (χ3v) is 8.70. The summed E-state index contributed by atoms with van der Waals surface area (Å²) >= 11 is 9.16. The summed E-state index contributed by atoms with van der Waals surface area (Å²) in [6.07, 6.45) is -3.33. The van der Waals surface area contributed by atoms with Crippen LogP contribution in [0.25, 0.3) is 0 Å². The SMILES string of the molecule is CC[C@H](C)NC(=O)[C@@H](Cc1ccccc1)N(Cc1cccc(Br)c1)C(=O)CN(c1ccc(Cl)c(C(F)(F)F)c1)S(C)(=O)=O. The van der Waals surface area contributed by atoms with Crippen molar-refractivity contribution in [3.63, 3.8) is 0 Å². The molecule has 1 N–H and O–H groups in total. The fraction of sp³-hybridized carbons (Fsp3) is 0.333. The van der Waals surface area contributed by atoms with Crippen LogP contribution >= 0.6 is 27.5 Å². The van der Waals surface area contributed by atoms with E-state index in [1.54, 1.807) is 48.5 Å². The molecule has 0 aliphatic rings. The predicted molar refractivity (Wildman–Crippen MR) is 165 cm³/mol. The van der Waals surface area contributed by atoms with E-state index in [0.29, 0.717) is 22.4 Å². The molecule has 2 atom stereocenters. The van der Waals surface area contributed by atoms with Gasteiger partial charge >= 0.3 is 6.18 Å². The van der Waals surface area contributed by atoms with E-state index in [1.165, 1.54) is 4.90 Å². The van der Waals surface area contributed by atoms with Crippen LogP contribution in [0, 0.1) is 0 Å². The zero-order chi connectivity index (χ0) is 31.9. The van der Waals surface area contributed by atoms with Gasteiger partial charge in [-0.15, -0.1) is 0 Å². The lowest BCUT2D eigenvalue weighted by molar-refractivity contribution is -0.140. The number of rotatable bonds is 12. The minimum absolute atomic E-state index is 0.0737. The highest BCUT2D eigenvalue weighted by molar-refractivity contribution is 9.10. The van der Waals surface area contributed by atoms with Crippen LogP contribution in [0.15, 0.2) is 77.3 Å². The molecule has 43 heavy (non-hydrogen) atoms. The zero-order valence-electron chi connectivity index (χ0n) is 23.7. The molecular formula is C30H32BrClF3N3O4S. The number of alkyl halides is 3. The Hall–Kier alpha value is -3.09.